The van der Waals surface area contributed by atoms with E-state index in [1.165, 1.54) is 12.1 Å². The Morgan fingerprint density at radius 1 is 1.56 bits per heavy atom. The first-order valence-electron chi connectivity index (χ1n) is 6.42. The number of benzene rings is 1. The molecule has 1 amide bonds. The van der Waals surface area contributed by atoms with Gasteiger partial charge in [-0.2, -0.15) is 0 Å². The van der Waals surface area contributed by atoms with Crippen molar-refractivity contribution in [2.75, 3.05) is 13.1 Å². The van der Waals surface area contributed by atoms with Gasteiger partial charge in [-0.3, -0.25) is 4.79 Å². The molecule has 4 heteroatoms. The van der Waals surface area contributed by atoms with E-state index in [0.29, 0.717) is 24.6 Å². The van der Waals surface area contributed by atoms with Gasteiger partial charge in [0, 0.05) is 24.7 Å². The Hall–Kier alpha value is -1.42. The number of hydrogen-bond donors (Lipinski definition) is 1. The van der Waals surface area contributed by atoms with Gasteiger partial charge in [-0.05, 0) is 30.5 Å². The number of amides is 1. The molecular weight excluding hydrogens is 231 g/mol. The zero-order valence-electron chi connectivity index (χ0n) is 10.6. The van der Waals surface area contributed by atoms with Crippen LogP contribution in [0, 0.1) is 11.7 Å². The van der Waals surface area contributed by atoms with Gasteiger partial charge in [-0.15, -0.1) is 0 Å². The van der Waals surface area contributed by atoms with E-state index in [2.05, 4.69) is 6.92 Å². The zero-order valence-corrected chi connectivity index (χ0v) is 10.6. The fourth-order valence-corrected chi connectivity index (χ4v) is 2.47. The number of likely N-dealkylation sites (tertiary alicyclic amines) is 1. The Labute approximate surface area is 107 Å². The molecule has 1 aromatic rings. The number of carbonyl (C=O) groups is 1. The van der Waals surface area contributed by atoms with Crippen LogP contribution in [0.25, 0.3) is 0 Å². The second-order valence-corrected chi connectivity index (χ2v) is 4.88. The van der Waals surface area contributed by atoms with Crippen LogP contribution in [0.3, 0.4) is 0 Å². The summed E-state index contributed by atoms with van der Waals surface area (Å²) in [4.78, 5) is 14.0. The van der Waals surface area contributed by atoms with Crippen molar-refractivity contribution in [3.63, 3.8) is 0 Å². The number of hydrogen-bond acceptors (Lipinski definition) is 2. The van der Waals surface area contributed by atoms with Gasteiger partial charge in [-0.1, -0.05) is 19.4 Å². The van der Waals surface area contributed by atoms with Crippen molar-refractivity contribution in [3.8, 4) is 0 Å². The Balaban J connectivity index is 2.10. The summed E-state index contributed by atoms with van der Waals surface area (Å²) in [5.41, 5.74) is 6.43. The molecule has 98 valence electrons. The maximum Gasteiger partial charge on any atom is 0.253 e. The maximum atomic E-state index is 13.1. The van der Waals surface area contributed by atoms with Crippen molar-refractivity contribution in [1.29, 1.82) is 0 Å². The van der Waals surface area contributed by atoms with Crippen LogP contribution in [0.1, 0.15) is 30.1 Å². The quantitative estimate of drug-likeness (QED) is 0.873. The molecule has 1 aromatic carbocycles. The lowest BCUT2D eigenvalue weighted by Gasteiger charge is -2.36. The van der Waals surface area contributed by atoms with Crippen LogP contribution in [0.2, 0.25) is 0 Å². The number of carbonyl (C=O) groups excluding carboxylic acids is 1. The van der Waals surface area contributed by atoms with Gasteiger partial charge in [0.2, 0.25) is 0 Å². The molecule has 0 aliphatic carbocycles. The Bertz CT molecular complexity index is 436. The van der Waals surface area contributed by atoms with Crippen LogP contribution in [-0.2, 0) is 0 Å². The number of piperidine rings is 1. The van der Waals surface area contributed by atoms with Gasteiger partial charge < -0.3 is 10.6 Å². The molecule has 3 nitrogen and oxygen atoms in total. The molecule has 1 aliphatic heterocycles. The second kappa shape index (κ2) is 5.48. The van der Waals surface area contributed by atoms with Crippen molar-refractivity contribution < 1.29 is 9.18 Å². The summed E-state index contributed by atoms with van der Waals surface area (Å²) in [6.45, 7) is 3.42. The van der Waals surface area contributed by atoms with Gasteiger partial charge in [0.25, 0.3) is 5.91 Å². The van der Waals surface area contributed by atoms with Crippen LogP contribution in [0.15, 0.2) is 24.3 Å². The summed E-state index contributed by atoms with van der Waals surface area (Å²) in [5.74, 6) is -0.127. The minimum Gasteiger partial charge on any atom is -0.338 e. The maximum absolute atomic E-state index is 13.1. The van der Waals surface area contributed by atoms with E-state index in [1.54, 1.807) is 17.0 Å². The van der Waals surface area contributed by atoms with E-state index in [4.69, 9.17) is 5.73 Å². The molecule has 2 unspecified atom stereocenters. The topological polar surface area (TPSA) is 46.3 Å². The van der Waals surface area contributed by atoms with E-state index in [9.17, 15) is 9.18 Å². The average molecular weight is 250 g/mol. The van der Waals surface area contributed by atoms with Crippen molar-refractivity contribution in [2.24, 2.45) is 11.7 Å². The Morgan fingerprint density at radius 2 is 2.33 bits per heavy atom. The fourth-order valence-electron chi connectivity index (χ4n) is 2.47. The summed E-state index contributed by atoms with van der Waals surface area (Å²) in [6.07, 6.45) is 1.79. The summed E-state index contributed by atoms with van der Waals surface area (Å²) in [5, 5.41) is 0. The molecule has 1 saturated heterocycles. The molecule has 0 spiro atoms. The smallest absolute Gasteiger partial charge is 0.253 e. The largest absolute Gasteiger partial charge is 0.338 e. The predicted octanol–water partition coefficient (Wildman–Crippen LogP) is 2.03. The van der Waals surface area contributed by atoms with Gasteiger partial charge in [-0.25, -0.2) is 4.39 Å². The van der Waals surface area contributed by atoms with Crippen LogP contribution in [-0.4, -0.2) is 29.9 Å². The van der Waals surface area contributed by atoms with Crippen LogP contribution < -0.4 is 5.73 Å². The highest BCUT2D eigenvalue weighted by atomic mass is 19.1. The Morgan fingerprint density at radius 3 is 3.00 bits per heavy atom. The SMILES string of the molecule is CCC1CN(C(=O)c2cccc(F)c2)CCC1N. The number of rotatable bonds is 2. The lowest BCUT2D eigenvalue weighted by Crippen LogP contribution is -2.49. The molecule has 0 saturated carbocycles. The minimum absolute atomic E-state index is 0.0974. The van der Waals surface area contributed by atoms with Gasteiger partial charge in [0.15, 0.2) is 0 Å². The average Bonchev–Trinajstić information content (AvgIpc) is 2.38. The molecule has 0 bridgehead atoms. The predicted molar refractivity (Wildman–Crippen MR) is 68.7 cm³/mol. The third-order valence-corrected chi connectivity index (χ3v) is 3.68. The molecule has 18 heavy (non-hydrogen) atoms. The molecule has 2 atom stereocenters. The first kappa shape index (κ1) is 13.0. The highest BCUT2D eigenvalue weighted by Crippen LogP contribution is 2.20. The first-order chi connectivity index (χ1) is 8.61. The number of nitrogens with two attached hydrogens (primary N) is 1. The lowest BCUT2D eigenvalue weighted by molar-refractivity contribution is 0.0648. The summed E-state index contributed by atoms with van der Waals surface area (Å²) in [7, 11) is 0. The van der Waals surface area contributed by atoms with E-state index in [0.717, 1.165) is 12.8 Å². The first-order valence-corrected chi connectivity index (χ1v) is 6.42. The highest BCUT2D eigenvalue weighted by Gasteiger charge is 2.28. The summed E-state index contributed by atoms with van der Waals surface area (Å²) < 4.78 is 13.1. The summed E-state index contributed by atoms with van der Waals surface area (Å²) in [6, 6.07) is 6.03. The van der Waals surface area contributed by atoms with Crippen LogP contribution in [0.5, 0.6) is 0 Å². The molecule has 1 aliphatic rings. The molecular formula is C14H19FN2O. The fraction of sp³-hybridized carbons (Fsp3) is 0.500. The highest BCUT2D eigenvalue weighted by molar-refractivity contribution is 5.94. The third kappa shape index (κ3) is 2.70. The van der Waals surface area contributed by atoms with Gasteiger partial charge >= 0.3 is 0 Å². The lowest BCUT2D eigenvalue weighted by atomic mass is 9.90. The number of halogens is 1. The van der Waals surface area contributed by atoms with Gasteiger partial charge in [0.05, 0.1) is 0 Å². The molecule has 0 radical (unpaired) electrons. The second-order valence-electron chi connectivity index (χ2n) is 4.88. The van der Waals surface area contributed by atoms with Gasteiger partial charge in [0.1, 0.15) is 5.82 Å². The van der Waals surface area contributed by atoms with E-state index >= 15 is 0 Å². The van der Waals surface area contributed by atoms with E-state index < -0.39 is 0 Å². The van der Waals surface area contributed by atoms with Crippen molar-refractivity contribution in [3.05, 3.63) is 35.6 Å². The molecule has 2 rings (SSSR count). The molecule has 1 heterocycles. The normalized spacial score (nSPS) is 24.1. The van der Waals surface area contributed by atoms with E-state index in [-0.39, 0.29) is 17.8 Å². The molecule has 1 fully saturated rings. The molecule has 0 aromatic heterocycles. The summed E-state index contributed by atoms with van der Waals surface area (Å²) >= 11 is 0. The zero-order chi connectivity index (χ0) is 13.1. The Kier molecular flexibility index (Phi) is 3.97. The van der Waals surface area contributed by atoms with E-state index in [1.807, 2.05) is 0 Å². The van der Waals surface area contributed by atoms with Crippen LogP contribution in [0.4, 0.5) is 4.39 Å². The molecule has 2 N–H and O–H groups in total. The number of nitrogens with zero attached hydrogens (tertiary/aromatic N) is 1. The standard InChI is InChI=1S/C14H19FN2O/c1-2-10-9-17(7-6-13(10)16)14(18)11-4-3-5-12(15)8-11/h3-5,8,10,13H,2,6-7,9,16H2,1H3. The monoisotopic (exact) mass is 250 g/mol. The van der Waals surface area contributed by atoms with Crippen LogP contribution >= 0.6 is 0 Å². The van der Waals surface area contributed by atoms with Crippen molar-refractivity contribution in [2.45, 2.75) is 25.8 Å². The van der Waals surface area contributed by atoms with Crippen molar-refractivity contribution >= 4 is 5.91 Å². The minimum atomic E-state index is -0.374. The van der Waals surface area contributed by atoms with Crippen molar-refractivity contribution in [1.82, 2.24) is 4.90 Å². The third-order valence-electron chi connectivity index (χ3n) is 3.68.